The van der Waals surface area contributed by atoms with Crippen LogP contribution in [0.3, 0.4) is 0 Å². The standard InChI is InChI=1S/C14H15ClN5S2/c1-9-6-12(21-2)20-14(17-13(18-20)22-3)19(9)8-10-4-5-11(15)16-7-10/h4-7H,8H2,1-3H3/q+1. The highest BCUT2D eigenvalue weighted by Gasteiger charge is 2.22. The second-order valence-corrected chi connectivity index (χ2v) is 6.70. The molecule has 5 nitrogen and oxygen atoms in total. The Labute approximate surface area is 142 Å². The monoisotopic (exact) mass is 352 g/mol. The number of hydrogen-bond acceptors (Lipinski definition) is 5. The smallest absolute Gasteiger partial charge is 0.244 e. The fourth-order valence-corrected chi connectivity index (χ4v) is 3.23. The molecule has 0 saturated heterocycles. The second kappa shape index (κ2) is 6.44. The Morgan fingerprint density at radius 1 is 1.27 bits per heavy atom. The number of nitrogens with zero attached hydrogens (tertiary/aromatic N) is 5. The van der Waals surface area contributed by atoms with Gasteiger partial charge in [-0.2, -0.15) is 0 Å². The van der Waals surface area contributed by atoms with Crippen molar-refractivity contribution in [2.24, 2.45) is 0 Å². The minimum Gasteiger partial charge on any atom is -0.244 e. The molecule has 0 saturated carbocycles. The van der Waals surface area contributed by atoms with Crippen molar-refractivity contribution in [2.45, 2.75) is 23.7 Å². The molecule has 0 atom stereocenters. The quantitative estimate of drug-likeness (QED) is 0.313. The largest absolute Gasteiger partial charge is 0.427 e. The number of aryl methyl sites for hydroxylation is 1. The average molecular weight is 353 g/mol. The van der Waals surface area contributed by atoms with Gasteiger partial charge in [-0.05, 0) is 30.5 Å². The van der Waals surface area contributed by atoms with Gasteiger partial charge >= 0.3 is 5.78 Å². The summed E-state index contributed by atoms with van der Waals surface area (Å²) < 4.78 is 4.03. The number of aromatic nitrogens is 5. The predicted molar refractivity (Wildman–Crippen MR) is 89.8 cm³/mol. The van der Waals surface area contributed by atoms with Crippen molar-refractivity contribution in [2.75, 3.05) is 12.5 Å². The molecule has 0 N–H and O–H groups in total. The molecule has 0 spiro atoms. The van der Waals surface area contributed by atoms with Crippen LogP contribution in [0.4, 0.5) is 0 Å². The minimum absolute atomic E-state index is 0.500. The van der Waals surface area contributed by atoms with E-state index in [1.165, 1.54) is 0 Å². The van der Waals surface area contributed by atoms with Crippen LogP contribution in [0.5, 0.6) is 0 Å². The van der Waals surface area contributed by atoms with Crippen LogP contribution in [-0.2, 0) is 6.54 Å². The van der Waals surface area contributed by atoms with Crippen LogP contribution < -0.4 is 4.57 Å². The zero-order valence-electron chi connectivity index (χ0n) is 12.4. The number of fused-ring (bicyclic) bond motifs is 1. The molecule has 3 rings (SSSR count). The lowest BCUT2D eigenvalue weighted by Gasteiger charge is -2.07. The molecular formula is C14H15ClN5S2+. The minimum atomic E-state index is 0.500. The number of hydrogen-bond donors (Lipinski definition) is 0. The fraction of sp³-hybridized carbons (Fsp3) is 0.286. The highest BCUT2D eigenvalue weighted by atomic mass is 35.5. The average Bonchev–Trinajstić information content (AvgIpc) is 2.96. The highest BCUT2D eigenvalue weighted by Crippen LogP contribution is 2.18. The summed E-state index contributed by atoms with van der Waals surface area (Å²) in [6, 6.07) is 5.91. The molecule has 0 unspecified atom stereocenters. The van der Waals surface area contributed by atoms with E-state index in [0.717, 1.165) is 27.2 Å². The van der Waals surface area contributed by atoms with Gasteiger partial charge in [-0.1, -0.05) is 50.8 Å². The van der Waals surface area contributed by atoms with Crippen molar-refractivity contribution in [1.29, 1.82) is 0 Å². The Hall–Kier alpha value is -1.31. The van der Waals surface area contributed by atoms with Crippen LogP contribution >= 0.6 is 35.1 Å². The van der Waals surface area contributed by atoms with E-state index in [2.05, 4.69) is 32.6 Å². The van der Waals surface area contributed by atoms with Gasteiger partial charge in [0.2, 0.25) is 0 Å². The van der Waals surface area contributed by atoms with Crippen molar-refractivity contribution in [3.63, 3.8) is 0 Å². The van der Waals surface area contributed by atoms with Crippen LogP contribution in [0.1, 0.15) is 11.3 Å². The van der Waals surface area contributed by atoms with Gasteiger partial charge in [0.05, 0.1) is 12.2 Å². The molecule has 0 radical (unpaired) electrons. The maximum Gasteiger partial charge on any atom is 0.427 e. The lowest BCUT2D eigenvalue weighted by Crippen LogP contribution is -2.40. The van der Waals surface area contributed by atoms with E-state index in [4.69, 9.17) is 11.6 Å². The molecule has 3 aromatic heterocycles. The number of rotatable bonds is 4. The van der Waals surface area contributed by atoms with Crippen molar-refractivity contribution in [1.82, 2.24) is 19.6 Å². The van der Waals surface area contributed by atoms with E-state index in [1.54, 1.807) is 35.8 Å². The summed E-state index contributed by atoms with van der Waals surface area (Å²) in [7, 11) is 0. The molecule has 0 bridgehead atoms. The summed E-state index contributed by atoms with van der Waals surface area (Å²) in [4.78, 5) is 8.77. The first-order valence-corrected chi connectivity index (χ1v) is 9.43. The van der Waals surface area contributed by atoms with Crippen molar-refractivity contribution < 1.29 is 4.57 Å². The molecule has 0 aromatic carbocycles. The van der Waals surface area contributed by atoms with Crippen molar-refractivity contribution in [3.05, 3.63) is 40.8 Å². The van der Waals surface area contributed by atoms with Crippen LogP contribution in [0, 0.1) is 6.92 Å². The van der Waals surface area contributed by atoms with Crippen LogP contribution in [0.25, 0.3) is 5.78 Å². The zero-order valence-corrected chi connectivity index (χ0v) is 14.8. The van der Waals surface area contributed by atoms with Gasteiger partial charge in [0.15, 0.2) is 5.03 Å². The van der Waals surface area contributed by atoms with Crippen LogP contribution in [0.15, 0.2) is 34.6 Å². The van der Waals surface area contributed by atoms with Gasteiger partial charge in [-0.15, -0.1) is 0 Å². The molecule has 0 aliphatic carbocycles. The molecule has 3 aromatic rings. The lowest BCUT2D eigenvalue weighted by atomic mass is 10.3. The third-order valence-electron chi connectivity index (χ3n) is 3.30. The maximum absolute atomic E-state index is 5.85. The van der Waals surface area contributed by atoms with E-state index in [1.807, 2.05) is 23.1 Å². The first kappa shape index (κ1) is 15.6. The number of thioether (sulfide) groups is 2. The van der Waals surface area contributed by atoms with E-state index in [9.17, 15) is 0 Å². The summed E-state index contributed by atoms with van der Waals surface area (Å²) >= 11 is 9.06. The molecule has 22 heavy (non-hydrogen) atoms. The number of halogens is 1. The van der Waals surface area contributed by atoms with Crippen molar-refractivity contribution in [3.8, 4) is 0 Å². The van der Waals surface area contributed by atoms with Crippen LogP contribution in [0.2, 0.25) is 5.15 Å². The Morgan fingerprint density at radius 3 is 2.73 bits per heavy atom. The molecule has 8 heteroatoms. The van der Waals surface area contributed by atoms with E-state index in [0.29, 0.717) is 11.7 Å². The summed E-state index contributed by atoms with van der Waals surface area (Å²) in [5.74, 6) is 0.837. The van der Waals surface area contributed by atoms with Crippen molar-refractivity contribution >= 4 is 40.9 Å². The Kier molecular flexibility index (Phi) is 4.56. The van der Waals surface area contributed by atoms with Gasteiger partial charge in [0.25, 0.3) is 5.16 Å². The normalized spacial score (nSPS) is 11.3. The predicted octanol–water partition coefficient (Wildman–Crippen LogP) is 2.87. The maximum atomic E-state index is 5.85. The fourth-order valence-electron chi connectivity index (χ4n) is 2.19. The summed E-state index contributed by atoms with van der Waals surface area (Å²) in [5.41, 5.74) is 2.21. The third kappa shape index (κ3) is 2.93. The Bertz CT molecular complexity index is 816. The van der Waals surface area contributed by atoms with Gasteiger partial charge in [-0.25, -0.2) is 9.55 Å². The van der Waals surface area contributed by atoms with E-state index in [-0.39, 0.29) is 0 Å². The molecule has 0 amide bonds. The van der Waals surface area contributed by atoms with E-state index < -0.39 is 0 Å². The molecule has 0 fully saturated rings. The third-order valence-corrected chi connectivity index (χ3v) is 4.77. The topological polar surface area (TPSA) is 47.0 Å². The van der Waals surface area contributed by atoms with Gasteiger partial charge in [-0.3, -0.25) is 0 Å². The molecule has 0 aliphatic heterocycles. The second-order valence-electron chi connectivity index (χ2n) is 4.71. The SMILES string of the molecule is CSc1nc2n(n1)c(SC)cc(C)[n+]2Cc1ccc(Cl)nc1. The highest BCUT2D eigenvalue weighted by molar-refractivity contribution is 7.98. The Balaban J connectivity index is 2.13. The summed E-state index contributed by atoms with van der Waals surface area (Å²) in [5, 5.41) is 6.89. The molecular weight excluding hydrogens is 338 g/mol. The van der Waals surface area contributed by atoms with Crippen LogP contribution in [-0.4, -0.2) is 32.1 Å². The first-order chi connectivity index (χ1) is 10.6. The lowest BCUT2D eigenvalue weighted by molar-refractivity contribution is -0.674. The number of pyridine rings is 1. The van der Waals surface area contributed by atoms with E-state index >= 15 is 0 Å². The summed E-state index contributed by atoms with van der Waals surface area (Å²) in [6.07, 6.45) is 5.82. The Morgan fingerprint density at radius 2 is 2.09 bits per heavy atom. The van der Waals surface area contributed by atoms with Gasteiger partial charge in [0.1, 0.15) is 5.15 Å². The summed E-state index contributed by atoms with van der Waals surface area (Å²) in [6.45, 7) is 2.76. The van der Waals surface area contributed by atoms with Gasteiger partial charge in [0, 0.05) is 17.8 Å². The van der Waals surface area contributed by atoms with Gasteiger partial charge < -0.3 is 0 Å². The molecule has 0 aliphatic rings. The zero-order chi connectivity index (χ0) is 15.7. The first-order valence-electron chi connectivity index (χ1n) is 6.61. The molecule has 3 heterocycles. The molecule has 114 valence electrons.